The molecule has 1 atom stereocenters. The monoisotopic (exact) mass is 306 g/mol. The lowest BCUT2D eigenvalue weighted by molar-refractivity contribution is 0.0696. The van der Waals surface area contributed by atoms with Crippen LogP contribution in [0.2, 0.25) is 0 Å². The van der Waals surface area contributed by atoms with Crippen molar-refractivity contribution in [2.24, 2.45) is 0 Å². The number of nitrogens with one attached hydrogen (secondary N) is 1. The molecule has 0 bridgehead atoms. The quantitative estimate of drug-likeness (QED) is 0.723. The molecule has 0 aliphatic heterocycles. The molecule has 1 unspecified atom stereocenters. The number of hydrogen-bond donors (Lipinski definition) is 2. The van der Waals surface area contributed by atoms with Gasteiger partial charge in [0.2, 0.25) is 0 Å². The van der Waals surface area contributed by atoms with Gasteiger partial charge in [-0.05, 0) is 12.1 Å². The summed E-state index contributed by atoms with van der Waals surface area (Å²) in [5.41, 5.74) is -0.0916. The van der Waals surface area contributed by atoms with Crippen LogP contribution in [-0.2, 0) is 20.8 Å². The Morgan fingerprint density at radius 1 is 1.47 bits per heavy atom. The Hall–Kier alpha value is -1.32. The van der Waals surface area contributed by atoms with Crippen LogP contribution >= 0.6 is 0 Å². The first-order valence-corrected chi connectivity index (χ1v) is 8.38. The highest BCUT2D eigenvalue weighted by molar-refractivity contribution is 7.89. The van der Waals surface area contributed by atoms with Crippen LogP contribution in [-0.4, -0.2) is 46.7 Å². The van der Waals surface area contributed by atoms with Gasteiger partial charge in [0, 0.05) is 35.0 Å². The van der Waals surface area contributed by atoms with Crippen LogP contribution < -0.4 is 4.72 Å². The van der Waals surface area contributed by atoms with Crippen LogP contribution in [0.3, 0.4) is 0 Å². The molecular weight excluding hydrogens is 292 g/mol. The maximum absolute atomic E-state index is 11.8. The van der Waals surface area contributed by atoms with E-state index in [0.717, 1.165) is 18.3 Å². The van der Waals surface area contributed by atoms with E-state index in [-0.39, 0.29) is 22.9 Å². The van der Waals surface area contributed by atoms with Crippen molar-refractivity contribution in [3.63, 3.8) is 0 Å². The molecule has 2 N–H and O–H groups in total. The fraction of sp³-hybridized carbons (Fsp3) is 0.400. The predicted molar refractivity (Wildman–Crippen MR) is 69.9 cm³/mol. The number of pyridine rings is 1. The molecular formula is C10H14N2O5S2. The Labute approximate surface area is 113 Å². The first-order chi connectivity index (χ1) is 8.86. The summed E-state index contributed by atoms with van der Waals surface area (Å²) in [7, 11) is -4.85. The zero-order valence-electron chi connectivity index (χ0n) is 10.2. The summed E-state index contributed by atoms with van der Waals surface area (Å²) >= 11 is 0. The van der Waals surface area contributed by atoms with Crippen LogP contribution in [0.25, 0.3) is 0 Å². The molecule has 0 aromatic carbocycles. The largest absolute Gasteiger partial charge is 0.478 e. The minimum atomic E-state index is -3.80. The number of rotatable bonds is 7. The number of aromatic carboxylic acids is 1. The highest BCUT2D eigenvalue weighted by Crippen LogP contribution is 2.06. The van der Waals surface area contributed by atoms with E-state index in [2.05, 4.69) is 9.71 Å². The van der Waals surface area contributed by atoms with Gasteiger partial charge in [0.05, 0.1) is 5.56 Å². The van der Waals surface area contributed by atoms with Gasteiger partial charge in [0.15, 0.2) is 5.03 Å². The first kappa shape index (κ1) is 15.7. The van der Waals surface area contributed by atoms with Gasteiger partial charge < -0.3 is 5.11 Å². The molecule has 0 saturated carbocycles. The summed E-state index contributed by atoms with van der Waals surface area (Å²) in [6.07, 6.45) is 0.973. The fourth-order valence-corrected chi connectivity index (χ4v) is 2.88. The van der Waals surface area contributed by atoms with Crippen LogP contribution in [0.4, 0.5) is 0 Å². The molecule has 106 valence electrons. The molecule has 1 heterocycles. The van der Waals surface area contributed by atoms with Gasteiger partial charge >= 0.3 is 5.97 Å². The third-order valence-electron chi connectivity index (χ3n) is 2.20. The van der Waals surface area contributed by atoms with E-state index in [9.17, 15) is 17.4 Å². The zero-order chi connectivity index (χ0) is 14.5. The van der Waals surface area contributed by atoms with E-state index in [4.69, 9.17) is 5.11 Å². The predicted octanol–water partition coefficient (Wildman–Crippen LogP) is -0.173. The molecule has 0 aliphatic rings. The third kappa shape index (κ3) is 4.69. The van der Waals surface area contributed by atoms with E-state index in [1.54, 1.807) is 6.92 Å². The molecule has 0 fully saturated rings. The van der Waals surface area contributed by atoms with Crippen LogP contribution in [0, 0.1) is 0 Å². The molecule has 0 aliphatic carbocycles. The van der Waals surface area contributed by atoms with Gasteiger partial charge in [0.1, 0.15) is 0 Å². The van der Waals surface area contributed by atoms with Gasteiger partial charge in [-0.15, -0.1) is 0 Å². The Morgan fingerprint density at radius 3 is 2.63 bits per heavy atom. The minimum Gasteiger partial charge on any atom is -0.478 e. The maximum atomic E-state index is 11.8. The molecule has 0 saturated heterocycles. The highest BCUT2D eigenvalue weighted by atomic mass is 32.2. The lowest BCUT2D eigenvalue weighted by Crippen LogP contribution is -2.28. The first-order valence-electron chi connectivity index (χ1n) is 5.41. The Balaban J connectivity index is 2.72. The molecule has 0 spiro atoms. The summed E-state index contributed by atoms with van der Waals surface area (Å²) in [5.74, 6) is -0.487. The highest BCUT2D eigenvalue weighted by Gasteiger charge is 2.16. The summed E-state index contributed by atoms with van der Waals surface area (Å²) in [4.78, 5) is 14.2. The number of aromatic nitrogens is 1. The van der Waals surface area contributed by atoms with E-state index in [1.807, 2.05) is 0 Å². The molecule has 1 rings (SSSR count). The van der Waals surface area contributed by atoms with Gasteiger partial charge in [-0.1, -0.05) is 6.92 Å². The number of nitrogens with zero attached hydrogens (tertiary/aromatic N) is 1. The molecule has 9 heteroatoms. The summed E-state index contributed by atoms with van der Waals surface area (Å²) in [5, 5.41) is 8.41. The van der Waals surface area contributed by atoms with Gasteiger partial charge in [-0.2, -0.15) is 0 Å². The van der Waals surface area contributed by atoms with Crippen molar-refractivity contribution in [1.29, 1.82) is 0 Å². The second-order valence-corrected chi connectivity index (χ2v) is 7.10. The molecule has 7 nitrogen and oxygen atoms in total. The second kappa shape index (κ2) is 6.73. The van der Waals surface area contributed by atoms with Gasteiger partial charge in [-0.25, -0.2) is 22.9 Å². The van der Waals surface area contributed by atoms with Crippen molar-refractivity contribution in [1.82, 2.24) is 9.71 Å². The summed E-state index contributed by atoms with van der Waals surface area (Å²) < 4.78 is 36.9. The van der Waals surface area contributed by atoms with Crippen molar-refractivity contribution < 1.29 is 22.5 Å². The summed E-state index contributed by atoms with van der Waals surface area (Å²) in [6, 6.07) is 2.27. The molecule has 0 amide bonds. The number of carbonyl (C=O) groups is 1. The van der Waals surface area contributed by atoms with E-state index >= 15 is 0 Å². The second-order valence-electron chi connectivity index (χ2n) is 3.52. The Bertz CT molecular complexity index is 568. The van der Waals surface area contributed by atoms with Crippen molar-refractivity contribution in [3.8, 4) is 0 Å². The standard InChI is InChI=1S/C10H14N2O5S2/c1-2-18(15)6-5-12-19(16,17)9-4-3-8(7-11-9)10(13)14/h3-4,7,12H,2,5-6H2,1H3,(H,13,14). The number of carboxylic acids is 1. The summed E-state index contributed by atoms with van der Waals surface area (Å²) in [6.45, 7) is 1.79. The zero-order valence-corrected chi connectivity index (χ0v) is 11.8. The average molecular weight is 306 g/mol. The number of carboxylic acid groups (broad SMARTS) is 1. The topological polar surface area (TPSA) is 113 Å². The lowest BCUT2D eigenvalue weighted by Gasteiger charge is -2.05. The van der Waals surface area contributed by atoms with Crippen LogP contribution in [0.1, 0.15) is 17.3 Å². The number of hydrogen-bond acceptors (Lipinski definition) is 5. The average Bonchev–Trinajstić information content (AvgIpc) is 2.38. The smallest absolute Gasteiger partial charge is 0.337 e. The van der Waals surface area contributed by atoms with Gasteiger partial charge in [-0.3, -0.25) is 4.21 Å². The molecule has 1 aromatic heterocycles. The molecule has 19 heavy (non-hydrogen) atoms. The van der Waals surface area contributed by atoms with Crippen molar-refractivity contribution in [3.05, 3.63) is 23.9 Å². The molecule has 1 aromatic rings. The van der Waals surface area contributed by atoms with E-state index < -0.39 is 26.8 Å². The number of sulfonamides is 1. The van der Waals surface area contributed by atoms with Crippen LogP contribution in [0.15, 0.2) is 23.4 Å². The van der Waals surface area contributed by atoms with Crippen molar-refractivity contribution >= 4 is 26.8 Å². The lowest BCUT2D eigenvalue weighted by atomic mass is 10.3. The van der Waals surface area contributed by atoms with E-state index in [0.29, 0.717) is 5.75 Å². The van der Waals surface area contributed by atoms with E-state index in [1.165, 1.54) is 0 Å². The van der Waals surface area contributed by atoms with Crippen LogP contribution in [0.5, 0.6) is 0 Å². The fourth-order valence-electron chi connectivity index (χ4n) is 1.17. The molecule has 0 radical (unpaired) electrons. The SMILES string of the molecule is CCS(=O)CCNS(=O)(=O)c1ccc(C(=O)O)cn1. The maximum Gasteiger partial charge on any atom is 0.337 e. The Kier molecular flexibility index (Phi) is 5.58. The van der Waals surface area contributed by atoms with Gasteiger partial charge in [0.25, 0.3) is 10.0 Å². The van der Waals surface area contributed by atoms with Crippen molar-refractivity contribution in [2.45, 2.75) is 11.9 Å². The Morgan fingerprint density at radius 2 is 2.16 bits per heavy atom. The van der Waals surface area contributed by atoms with Crippen molar-refractivity contribution in [2.75, 3.05) is 18.1 Å². The normalized spacial score (nSPS) is 13.1. The minimum absolute atomic E-state index is 0.0468. The third-order valence-corrected chi connectivity index (χ3v) is 4.88.